The molecule has 0 N–H and O–H groups in total. The molecule has 1 fully saturated rings. The number of hydrogen-bond donors (Lipinski definition) is 0. The number of nitrogens with zero attached hydrogens (tertiary/aromatic N) is 3. The van der Waals surface area contributed by atoms with Gasteiger partial charge in [0.25, 0.3) is 0 Å². The van der Waals surface area contributed by atoms with Gasteiger partial charge in [0.2, 0.25) is 11.7 Å². The molecule has 0 bridgehead atoms. The molecule has 1 saturated heterocycles. The van der Waals surface area contributed by atoms with Crippen molar-refractivity contribution < 1.29 is 18.4 Å². The summed E-state index contributed by atoms with van der Waals surface area (Å²) in [6, 6.07) is 11.1. The first-order valence-electron chi connectivity index (χ1n) is 9.64. The van der Waals surface area contributed by atoms with Crippen molar-refractivity contribution in [2.75, 3.05) is 20.8 Å². The van der Waals surface area contributed by atoms with Gasteiger partial charge in [0.15, 0.2) is 0 Å². The van der Waals surface area contributed by atoms with Crippen molar-refractivity contribution in [3.05, 3.63) is 59.2 Å². The topological polar surface area (TPSA) is 60.6 Å². The van der Waals surface area contributed by atoms with Crippen molar-refractivity contribution in [2.24, 2.45) is 0 Å². The van der Waals surface area contributed by atoms with E-state index in [1.807, 2.05) is 12.1 Å². The van der Waals surface area contributed by atoms with E-state index >= 15 is 0 Å². The molecule has 1 aromatic heterocycles. The minimum absolute atomic E-state index is 0.197. The Balaban J connectivity index is 1.54. The molecule has 2 aromatic carbocycles. The van der Waals surface area contributed by atoms with E-state index in [9.17, 15) is 4.39 Å². The van der Waals surface area contributed by atoms with Gasteiger partial charge in [-0.2, -0.15) is 4.98 Å². The van der Waals surface area contributed by atoms with Crippen LogP contribution < -0.4 is 9.47 Å². The monoisotopic (exact) mass is 397 g/mol. The van der Waals surface area contributed by atoms with Gasteiger partial charge in [0.1, 0.15) is 17.3 Å². The molecule has 3 aromatic rings. The molecule has 7 heteroatoms. The zero-order chi connectivity index (χ0) is 20.4. The molecule has 29 heavy (non-hydrogen) atoms. The van der Waals surface area contributed by atoms with E-state index in [1.54, 1.807) is 33.3 Å². The molecular weight excluding hydrogens is 373 g/mol. The number of likely N-dealkylation sites (tertiary alicyclic amines) is 1. The van der Waals surface area contributed by atoms with Gasteiger partial charge >= 0.3 is 0 Å². The zero-order valence-corrected chi connectivity index (χ0v) is 16.8. The van der Waals surface area contributed by atoms with Crippen molar-refractivity contribution in [3.8, 4) is 22.9 Å². The van der Waals surface area contributed by atoms with E-state index in [-0.39, 0.29) is 11.9 Å². The van der Waals surface area contributed by atoms with Crippen LogP contribution >= 0.6 is 0 Å². The summed E-state index contributed by atoms with van der Waals surface area (Å²) in [6.45, 7) is 3.18. The number of aryl methyl sites for hydroxylation is 1. The van der Waals surface area contributed by atoms with Crippen LogP contribution in [0.15, 0.2) is 40.9 Å². The lowest BCUT2D eigenvalue weighted by Gasteiger charge is -2.25. The van der Waals surface area contributed by atoms with Crippen LogP contribution in [0.5, 0.6) is 11.5 Å². The van der Waals surface area contributed by atoms with Crippen LogP contribution in [-0.4, -0.2) is 35.8 Å². The lowest BCUT2D eigenvalue weighted by atomic mass is 10.0. The lowest BCUT2D eigenvalue weighted by Crippen LogP contribution is -2.23. The maximum Gasteiger partial charge on any atom is 0.241 e. The maximum atomic E-state index is 13.8. The lowest BCUT2D eigenvalue weighted by molar-refractivity contribution is 0.209. The van der Waals surface area contributed by atoms with E-state index in [2.05, 4.69) is 21.1 Å². The number of ether oxygens (including phenoxy) is 2. The van der Waals surface area contributed by atoms with Crippen LogP contribution in [0, 0.1) is 12.7 Å². The van der Waals surface area contributed by atoms with Gasteiger partial charge in [0.05, 0.1) is 20.8 Å². The Morgan fingerprint density at radius 1 is 1.17 bits per heavy atom. The van der Waals surface area contributed by atoms with Gasteiger partial charge in [-0.25, -0.2) is 4.39 Å². The summed E-state index contributed by atoms with van der Waals surface area (Å²) in [5.74, 6) is 2.21. The average molecular weight is 397 g/mol. The molecule has 1 unspecified atom stereocenters. The highest BCUT2D eigenvalue weighted by atomic mass is 19.1. The van der Waals surface area contributed by atoms with Gasteiger partial charge in [-0.1, -0.05) is 23.4 Å². The molecule has 2 heterocycles. The Morgan fingerprint density at radius 2 is 2.03 bits per heavy atom. The number of halogens is 1. The summed E-state index contributed by atoms with van der Waals surface area (Å²) >= 11 is 0. The fourth-order valence-corrected chi connectivity index (χ4v) is 3.80. The molecule has 0 aliphatic carbocycles. The molecule has 1 aliphatic rings. The average Bonchev–Trinajstić information content (AvgIpc) is 3.39. The molecule has 0 amide bonds. The van der Waals surface area contributed by atoms with E-state index < -0.39 is 0 Å². The first kappa shape index (κ1) is 19.4. The molecule has 0 radical (unpaired) electrons. The Morgan fingerprint density at radius 3 is 2.79 bits per heavy atom. The van der Waals surface area contributed by atoms with Gasteiger partial charge in [-0.05, 0) is 44.0 Å². The van der Waals surface area contributed by atoms with Crippen molar-refractivity contribution in [1.82, 2.24) is 15.0 Å². The predicted molar refractivity (Wildman–Crippen MR) is 106 cm³/mol. The third-order valence-corrected chi connectivity index (χ3v) is 5.40. The number of aromatic nitrogens is 2. The summed E-state index contributed by atoms with van der Waals surface area (Å²) in [7, 11) is 3.31. The Kier molecular flexibility index (Phi) is 5.49. The quantitative estimate of drug-likeness (QED) is 0.609. The third kappa shape index (κ3) is 3.96. The Bertz CT molecular complexity index is 1000. The Hall–Kier alpha value is -2.93. The molecule has 0 saturated carbocycles. The summed E-state index contributed by atoms with van der Waals surface area (Å²) < 4.78 is 30.2. The summed E-state index contributed by atoms with van der Waals surface area (Å²) in [4.78, 5) is 6.78. The highest BCUT2D eigenvalue weighted by Crippen LogP contribution is 2.39. The largest absolute Gasteiger partial charge is 0.497 e. The molecular formula is C22H24FN3O3. The smallest absolute Gasteiger partial charge is 0.241 e. The van der Waals surface area contributed by atoms with E-state index in [1.165, 1.54) is 6.07 Å². The number of benzene rings is 2. The second-order valence-electron chi connectivity index (χ2n) is 7.21. The second-order valence-corrected chi connectivity index (χ2v) is 7.21. The van der Waals surface area contributed by atoms with Crippen molar-refractivity contribution in [2.45, 2.75) is 32.4 Å². The number of rotatable bonds is 6. The standard InChI is InChI=1S/C22H24FN3O3/c1-14-6-7-15(11-18(14)23)22-24-21(29-25-22)13-26-10-4-5-19(26)17-9-8-16(27-2)12-20(17)28-3/h6-9,11-12,19H,4-5,10,13H2,1-3H3. The van der Waals surface area contributed by atoms with Gasteiger partial charge in [0, 0.05) is 23.2 Å². The fourth-order valence-electron chi connectivity index (χ4n) is 3.80. The van der Waals surface area contributed by atoms with Crippen LogP contribution in [0.1, 0.15) is 35.9 Å². The summed E-state index contributed by atoms with van der Waals surface area (Å²) in [6.07, 6.45) is 2.09. The maximum absolute atomic E-state index is 13.8. The van der Waals surface area contributed by atoms with E-state index in [0.717, 1.165) is 36.4 Å². The predicted octanol–water partition coefficient (Wildman–Crippen LogP) is 4.54. The van der Waals surface area contributed by atoms with Crippen molar-refractivity contribution in [3.63, 3.8) is 0 Å². The molecule has 1 atom stereocenters. The normalized spacial score (nSPS) is 16.9. The number of hydrogen-bond acceptors (Lipinski definition) is 6. The first-order chi connectivity index (χ1) is 14.1. The van der Waals surface area contributed by atoms with E-state index in [4.69, 9.17) is 14.0 Å². The molecule has 4 rings (SSSR count). The van der Waals surface area contributed by atoms with Gasteiger partial charge < -0.3 is 14.0 Å². The highest BCUT2D eigenvalue weighted by Gasteiger charge is 2.30. The first-order valence-corrected chi connectivity index (χ1v) is 9.64. The molecule has 6 nitrogen and oxygen atoms in total. The number of methoxy groups -OCH3 is 2. The SMILES string of the molecule is COc1ccc(C2CCCN2Cc2nc(-c3ccc(C)c(F)c3)no2)c(OC)c1. The fraction of sp³-hybridized carbons (Fsp3) is 0.364. The summed E-state index contributed by atoms with van der Waals surface area (Å²) in [5.41, 5.74) is 2.31. The van der Waals surface area contributed by atoms with Gasteiger partial charge in [-0.15, -0.1) is 0 Å². The molecule has 1 aliphatic heterocycles. The van der Waals surface area contributed by atoms with Gasteiger partial charge in [-0.3, -0.25) is 4.90 Å². The second kappa shape index (κ2) is 8.21. The minimum atomic E-state index is -0.278. The van der Waals surface area contributed by atoms with Crippen LogP contribution in [0.25, 0.3) is 11.4 Å². The molecule has 0 spiro atoms. The van der Waals surface area contributed by atoms with Crippen LogP contribution in [-0.2, 0) is 6.54 Å². The zero-order valence-electron chi connectivity index (χ0n) is 16.8. The van der Waals surface area contributed by atoms with Crippen LogP contribution in [0.3, 0.4) is 0 Å². The highest BCUT2D eigenvalue weighted by molar-refractivity contribution is 5.55. The van der Waals surface area contributed by atoms with Crippen molar-refractivity contribution in [1.29, 1.82) is 0 Å². The van der Waals surface area contributed by atoms with Crippen LogP contribution in [0.2, 0.25) is 0 Å². The van der Waals surface area contributed by atoms with Crippen LogP contribution in [0.4, 0.5) is 4.39 Å². The minimum Gasteiger partial charge on any atom is -0.497 e. The summed E-state index contributed by atoms with van der Waals surface area (Å²) in [5, 5.41) is 4.03. The van der Waals surface area contributed by atoms with Crippen molar-refractivity contribution >= 4 is 0 Å². The third-order valence-electron chi connectivity index (χ3n) is 5.40. The Labute approximate surface area is 169 Å². The van der Waals surface area contributed by atoms with E-state index in [0.29, 0.717) is 29.4 Å². The molecule has 152 valence electrons.